The van der Waals surface area contributed by atoms with Crippen molar-refractivity contribution in [3.63, 3.8) is 0 Å². The van der Waals surface area contributed by atoms with Crippen LogP contribution < -0.4 is 9.47 Å². The summed E-state index contributed by atoms with van der Waals surface area (Å²) in [6, 6.07) is 10.1. The van der Waals surface area contributed by atoms with E-state index in [2.05, 4.69) is 4.98 Å². The summed E-state index contributed by atoms with van der Waals surface area (Å²) < 4.78 is 39.9. The third-order valence-corrected chi connectivity index (χ3v) is 9.27. The minimum Gasteiger partial charge on any atom is -0.486 e. The van der Waals surface area contributed by atoms with Crippen LogP contribution in [0, 0.1) is 6.92 Å². The number of hydrogen-bond acceptors (Lipinski definition) is 8. The number of rotatable bonds is 4. The van der Waals surface area contributed by atoms with E-state index in [1.54, 1.807) is 17.0 Å². The monoisotopic (exact) mass is 513 g/mol. The summed E-state index contributed by atoms with van der Waals surface area (Å²) in [6.45, 7) is 3.73. The zero-order valence-electron chi connectivity index (χ0n) is 18.9. The highest BCUT2D eigenvalue weighted by molar-refractivity contribution is 7.89. The number of nitrogens with zero attached hydrogens (tertiary/aromatic N) is 3. The van der Waals surface area contributed by atoms with Crippen LogP contribution in [0.2, 0.25) is 0 Å². The number of benzene rings is 2. The summed E-state index contributed by atoms with van der Waals surface area (Å²) >= 11 is 1.52. The van der Waals surface area contributed by atoms with Gasteiger partial charge < -0.3 is 19.5 Å². The highest BCUT2D eigenvalue weighted by atomic mass is 32.2. The molecule has 6 rings (SSSR count). The van der Waals surface area contributed by atoms with Gasteiger partial charge in [0.2, 0.25) is 10.0 Å². The topological polar surface area (TPSA) is 109 Å². The van der Waals surface area contributed by atoms with Crippen molar-refractivity contribution in [3.8, 4) is 11.5 Å². The first kappa shape index (κ1) is 22.5. The highest BCUT2D eigenvalue weighted by Crippen LogP contribution is 2.36. The van der Waals surface area contributed by atoms with E-state index < -0.39 is 22.0 Å². The van der Waals surface area contributed by atoms with Crippen molar-refractivity contribution in [1.29, 1.82) is 0 Å². The lowest BCUT2D eigenvalue weighted by Crippen LogP contribution is -2.38. The Labute approximate surface area is 206 Å². The van der Waals surface area contributed by atoms with Gasteiger partial charge in [0.25, 0.3) is 5.91 Å². The van der Waals surface area contributed by atoms with E-state index in [4.69, 9.17) is 9.47 Å². The lowest BCUT2D eigenvalue weighted by molar-refractivity contribution is -0.139. The average Bonchev–Trinajstić information content (AvgIpc) is 3.55. The van der Waals surface area contributed by atoms with Crippen molar-refractivity contribution < 1.29 is 27.8 Å². The first-order chi connectivity index (χ1) is 16.8. The number of carbonyl (C=O) groups excluding carboxylic acids is 1. The molecule has 3 aliphatic rings. The molecule has 1 amide bonds. The summed E-state index contributed by atoms with van der Waals surface area (Å²) in [5.41, 5.74) is 2.93. The Balaban J connectivity index is 1.15. The molecule has 0 saturated carbocycles. The van der Waals surface area contributed by atoms with Crippen LogP contribution in [0.15, 0.2) is 52.4 Å². The highest BCUT2D eigenvalue weighted by Gasteiger charge is 2.39. The van der Waals surface area contributed by atoms with E-state index in [0.29, 0.717) is 48.9 Å². The Morgan fingerprint density at radius 1 is 1.06 bits per heavy atom. The minimum absolute atomic E-state index is 0.151. The van der Waals surface area contributed by atoms with Crippen LogP contribution in [0.5, 0.6) is 11.5 Å². The fourth-order valence-corrected chi connectivity index (χ4v) is 7.12. The molecule has 3 aliphatic heterocycles. The summed E-state index contributed by atoms with van der Waals surface area (Å²) in [7, 11) is -3.74. The zero-order valence-corrected chi connectivity index (χ0v) is 20.6. The maximum atomic E-state index is 13.3. The third kappa shape index (κ3) is 3.79. The number of hydrogen-bond donors (Lipinski definition) is 1. The van der Waals surface area contributed by atoms with Gasteiger partial charge in [-0.1, -0.05) is 12.1 Å². The molecule has 9 nitrogen and oxygen atoms in total. The van der Waals surface area contributed by atoms with Crippen molar-refractivity contribution in [2.75, 3.05) is 39.4 Å². The Hall–Kier alpha value is -2.99. The lowest BCUT2D eigenvalue weighted by atomic mass is 10.1. The summed E-state index contributed by atoms with van der Waals surface area (Å²) in [5.74, 6) is 0.556. The molecule has 11 heteroatoms. The van der Waals surface area contributed by atoms with Crippen molar-refractivity contribution >= 4 is 37.5 Å². The molecule has 1 aromatic heterocycles. The summed E-state index contributed by atoms with van der Waals surface area (Å²) in [6.07, 6.45) is -1.32. The molecule has 182 valence electrons. The number of thiazole rings is 1. The first-order valence-electron chi connectivity index (χ1n) is 11.2. The molecule has 3 aromatic rings. The van der Waals surface area contributed by atoms with Gasteiger partial charge in [0.1, 0.15) is 13.2 Å². The fraction of sp³-hybridized carbons (Fsp3) is 0.333. The number of aliphatic hydroxyl groups is 1. The number of fused-ring (bicyclic) bond motifs is 2. The molecule has 4 heterocycles. The SMILES string of the molecule is Cc1nc2c([C@@H](O)C(=O)N3CC4=C(C3)CN(S(=O)(=O)c3ccc5c(c3)OCCO5)C4)cccc2s1. The Bertz CT molecular complexity index is 1480. The number of para-hydroxylation sites is 1. The fourth-order valence-electron chi connectivity index (χ4n) is 4.81. The maximum Gasteiger partial charge on any atom is 0.256 e. The van der Waals surface area contributed by atoms with Crippen molar-refractivity contribution in [2.24, 2.45) is 0 Å². The number of sulfonamides is 1. The molecule has 35 heavy (non-hydrogen) atoms. The number of aromatic nitrogens is 1. The first-order valence-corrected chi connectivity index (χ1v) is 13.5. The van der Waals surface area contributed by atoms with Gasteiger partial charge in [-0.05, 0) is 36.3 Å². The van der Waals surface area contributed by atoms with Crippen molar-refractivity contribution in [1.82, 2.24) is 14.2 Å². The molecule has 0 unspecified atom stereocenters. The number of aliphatic hydroxyl groups excluding tert-OH is 1. The smallest absolute Gasteiger partial charge is 0.256 e. The molecular weight excluding hydrogens is 490 g/mol. The van der Waals surface area contributed by atoms with E-state index in [9.17, 15) is 18.3 Å². The Morgan fingerprint density at radius 3 is 2.51 bits per heavy atom. The standard InChI is InChI=1S/C24H23N3O6S2/c1-14-25-22-18(3-2-4-21(22)34-14)23(28)24(29)26-10-15-12-27(13-16(15)11-26)35(30,31)17-5-6-19-20(9-17)33-8-7-32-19/h2-6,9,23,28H,7-8,10-13H2,1H3/t23-/m1/s1. The largest absolute Gasteiger partial charge is 0.486 e. The molecule has 0 aliphatic carbocycles. The molecular formula is C24H23N3O6S2. The molecule has 0 radical (unpaired) electrons. The van der Waals surface area contributed by atoms with E-state index in [0.717, 1.165) is 20.9 Å². The summed E-state index contributed by atoms with van der Waals surface area (Å²) in [5, 5.41) is 11.7. The predicted molar refractivity (Wildman–Crippen MR) is 129 cm³/mol. The van der Waals surface area contributed by atoms with Crippen LogP contribution >= 0.6 is 11.3 Å². The van der Waals surface area contributed by atoms with Crippen molar-refractivity contribution in [2.45, 2.75) is 17.9 Å². The lowest BCUT2D eigenvalue weighted by Gasteiger charge is -2.25. The number of carbonyl (C=O) groups is 1. The van der Waals surface area contributed by atoms with Crippen LogP contribution in [-0.4, -0.2) is 73.0 Å². The quantitative estimate of drug-likeness (QED) is 0.533. The molecule has 1 N–H and O–H groups in total. The van der Waals surface area contributed by atoms with E-state index in [1.165, 1.54) is 27.8 Å². The van der Waals surface area contributed by atoms with Gasteiger partial charge in [0, 0.05) is 37.8 Å². The van der Waals surface area contributed by atoms with E-state index in [-0.39, 0.29) is 18.0 Å². The molecule has 1 atom stereocenters. The number of amides is 1. The van der Waals surface area contributed by atoms with Gasteiger partial charge in [-0.25, -0.2) is 13.4 Å². The zero-order chi connectivity index (χ0) is 24.3. The second-order valence-electron chi connectivity index (χ2n) is 8.81. The maximum absolute atomic E-state index is 13.3. The van der Waals surface area contributed by atoms with Crippen LogP contribution in [0.25, 0.3) is 10.2 Å². The van der Waals surface area contributed by atoms with Gasteiger partial charge in [-0.2, -0.15) is 4.31 Å². The van der Waals surface area contributed by atoms with Gasteiger partial charge in [-0.15, -0.1) is 11.3 Å². The van der Waals surface area contributed by atoms with E-state index >= 15 is 0 Å². The van der Waals surface area contributed by atoms with Crippen LogP contribution in [-0.2, 0) is 14.8 Å². The molecule has 0 fully saturated rings. The van der Waals surface area contributed by atoms with Gasteiger partial charge in [-0.3, -0.25) is 4.79 Å². The normalized spacial score (nSPS) is 18.9. The van der Waals surface area contributed by atoms with Crippen LogP contribution in [0.4, 0.5) is 0 Å². The van der Waals surface area contributed by atoms with E-state index in [1.807, 2.05) is 19.1 Å². The second-order valence-corrected chi connectivity index (χ2v) is 12.0. The third-order valence-electron chi connectivity index (χ3n) is 6.55. The summed E-state index contributed by atoms with van der Waals surface area (Å²) in [4.78, 5) is 19.3. The Morgan fingerprint density at radius 2 is 1.77 bits per heavy atom. The molecule has 2 aromatic carbocycles. The van der Waals surface area contributed by atoms with Crippen LogP contribution in [0.3, 0.4) is 0 Å². The second kappa shape index (κ2) is 8.30. The minimum atomic E-state index is -3.74. The van der Waals surface area contributed by atoms with Gasteiger partial charge in [0.15, 0.2) is 17.6 Å². The van der Waals surface area contributed by atoms with Gasteiger partial charge in [0.05, 0.1) is 20.1 Å². The number of aryl methyl sites for hydroxylation is 1. The van der Waals surface area contributed by atoms with Crippen LogP contribution in [0.1, 0.15) is 16.7 Å². The van der Waals surface area contributed by atoms with Crippen molar-refractivity contribution in [3.05, 3.63) is 58.1 Å². The molecule has 0 bridgehead atoms. The van der Waals surface area contributed by atoms with Gasteiger partial charge >= 0.3 is 0 Å². The molecule has 0 spiro atoms. The average molecular weight is 514 g/mol. The predicted octanol–water partition coefficient (Wildman–Crippen LogP) is 2.25. The number of ether oxygens (including phenoxy) is 2. The molecule has 0 saturated heterocycles. The Kier molecular flexibility index (Phi) is 5.33.